The van der Waals surface area contributed by atoms with Crippen LogP contribution in [0.15, 0.2) is 18.2 Å². The maximum absolute atomic E-state index is 12.4. The molecule has 0 aliphatic rings. The van der Waals surface area contributed by atoms with Crippen molar-refractivity contribution < 1.29 is 19.0 Å². The molecule has 1 aromatic carbocycles. The highest BCUT2D eigenvalue weighted by Crippen LogP contribution is 2.32. The van der Waals surface area contributed by atoms with Gasteiger partial charge in [0, 0.05) is 12.2 Å². The van der Waals surface area contributed by atoms with Crippen LogP contribution in [-0.4, -0.2) is 36.8 Å². The van der Waals surface area contributed by atoms with E-state index in [1.54, 1.807) is 12.1 Å². The Hall–Kier alpha value is -0.880. The first kappa shape index (κ1) is 21.2. The molecule has 0 unspecified atom stereocenters. The van der Waals surface area contributed by atoms with Gasteiger partial charge in [-0.1, -0.05) is 48.7 Å². The van der Waals surface area contributed by atoms with Crippen LogP contribution < -0.4 is 14.8 Å². The van der Waals surface area contributed by atoms with Gasteiger partial charge in [-0.25, -0.2) is 0 Å². The number of ether oxygens (including phenoxy) is 3. The molecule has 0 aliphatic carbocycles. The third-order valence-corrected chi connectivity index (χ3v) is 3.78. The molecular formula is C16H22Cl3NO4. The second kappa shape index (κ2) is 9.56. The van der Waals surface area contributed by atoms with Crippen LogP contribution in [0.5, 0.6) is 11.5 Å². The van der Waals surface area contributed by atoms with E-state index < -0.39 is 15.9 Å². The van der Waals surface area contributed by atoms with Gasteiger partial charge in [-0.05, 0) is 30.5 Å². The number of alkyl halides is 3. The van der Waals surface area contributed by atoms with Gasteiger partial charge in [0.2, 0.25) is 3.79 Å². The lowest BCUT2D eigenvalue weighted by Crippen LogP contribution is -2.46. The molecule has 0 radical (unpaired) electrons. The minimum atomic E-state index is -1.79. The van der Waals surface area contributed by atoms with Crippen molar-refractivity contribution >= 4 is 40.7 Å². The van der Waals surface area contributed by atoms with E-state index in [0.717, 1.165) is 6.42 Å². The van der Waals surface area contributed by atoms with Crippen LogP contribution in [0.2, 0.25) is 0 Å². The van der Waals surface area contributed by atoms with Crippen molar-refractivity contribution in [1.29, 1.82) is 0 Å². The summed E-state index contributed by atoms with van der Waals surface area (Å²) in [6, 6.07) is 4.75. The zero-order valence-corrected chi connectivity index (χ0v) is 16.3. The zero-order valence-electron chi connectivity index (χ0n) is 14.1. The molecule has 0 saturated heterocycles. The molecule has 24 heavy (non-hydrogen) atoms. The monoisotopic (exact) mass is 397 g/mol. The Morgan fingerprint density at radius 1 is 1.17 bits per heavy atom. The third kappa shape index (κ3) is 6.55. The molecule has 1 aromatic rings. The molecule has 0 saturated carbocycles. The van der Waals surface area contributed by atoms with Gasteiger partial charge >= 0.3 is 0 Å². The van der Waals surface area contributed by atoms with Gasteiger partial charge in [0.15, 0.2) is 17.7 Å². The van der Waals surface area contributed by atoms with E-state index in [9.17, 15) is 4.79 Å². The molecule has 136 valence electrons. The molecule has 0 aromatic heterocycles. The van der Waals surface area contributed by atoms with Crippen LogP contribution in [0, 0.1) is 5.92 Å². The van der Waals surface area contributed by atoms with Gasteiger partial charge in [0.25, 0.3) is 5.91 Å². The molecular weight excluding hydrogens is 377 g/mol. The predicted octanol–water partition coefficient (Wildman–Crippen LogP) is 4.19. The number of amides is 1. The highest BCUT2D eigenvalue weighted by atomic mass is 35.6. The number of methoxy groups -OCH3 is 2. The molecule has 0 bridgehead atoms. The van der Waals surface area contributed by atoms with Gasteiger partial charge in [0.1, 0.15) is 0 Å². The highest BCUT2D eigenvalue weighted by Gasteiger charge is 2.35. The van der Waals surface area contributed by atoms with Gasteiger partial charge in [-0.15, -0.1) is 0 Å². The molecule has 1 N–H and O–H groups in total. The lowest BCUT2D eigenvalue weighted by atomic mass is 10.1. The Labute approximate surface area is 157 Å². The Kier molecular flexibility index (Phi) is 8.43. The lowest BCUT2D eigenvalue weighted by Gasteiger charge is -2.26. The lowest BCUT2D eigenvalue weighted by molar-refractivity contribution is 0.0252. The summed E-state index contributed by atoms with van der Waals surface area (Å²) in [5.41, 5.74) is 0.333. The van der Waals surface area contributed by atoms with Crippen molar-refractivity contribution in [3.63, 3.8) is 0 Å². The number of halogens is 3. The molecule has 0 spiro atoms. The van der Waals surface area contributed by atoms with E-state index in [4.69, 9.17) is 49.0 Å². The zero-order chi connectivity index (χ0) is 18.3. The van der Waals surface area contributed by atoms with Crippen LogP contribution in [0.3, 0.4) is 0 Å². The van der Waals surface area contributed by atoms with Gasteiger partial charge < -0.3 is 19.5 Å². The number of rotatable bonds is 8. The number of nitrogens with one attached hydrogen (secondary N) is 1. The van der Waals surface area contributed by atoms with Gasteiger partial charge in [-0.2, -0.15) is 0 Å². The molecule has 0 fully saturated rings. The van der Waals surface area contributed by atoms with Gasteiger partial charge in [-0.3, -0.25) is 4.79 Å². The van der Waals surface area contributed by atoms with Crippen LogP contribution >= 0.6 is 34.8 Å². The second-order valence-electron chi connectivity index (χ2n) is 5.52. The maximum Gasteiger partial charge on any atom is 0.253 e. The summed E-state index contributed by atoms with van der Waals surface area (Å²) in [6.45, 7) is 4.47. The second-order valence-corrected chi connectivity index (χ2v) is 7.89. The highest BCUT2D eigenvalue weighted by molar-refractivity contribution is 6.68. The summed E-state index contributed by atoms with van der Waals surface area (Å²) in [5.74, 6) is 0.927. The van der Waals surface area contributed by atoms with Crippen molar-refractivity contribution in [2.24, 2.45) is 5.92 Å². The predicted molar refractivity (Wildman–Crippen MR) is 96.5 cm³/mol. The van der Waals surface area contributed by atoms with Crippen molar-refractivity contribution in [3.8, 4) is 11.5 Å². The van der Waals surface area contributed by atoms with E-state index in [2.05, 4.69) is 19.2 Å². The molecule has 1 rings (SSSR count). The average molecular weight is 399 g/mol. The Bertz CT molecular complexity index is 547. The van der Waals surface area contributed by atoms with E-state index in [1.165, 1.54) is 20.3 Å². The fraction of sp³-hybridized carbons (Fsp3) is 0.562. The first-order valence-corrected chi connectivity index (χ1v) is 8.53. The summed E-state index contributed by atoms with van der Waals surface area (Å²) < 4.78 is 14.1. The molecule has 1 atom stereocenters. The minimum absolute atomic E-state index is 0.333. The number of carbonyl (C=O) groups is 1. The first-order chi connectivity index (χ1) is 11.2. The summed E-state index contributed by atoms with van der Waals surface area (Å²) in [4.78, 5) is 12.4. The maximum atomic E-state index is 12.4. The summed E-state index contributed by atoms with van der Waals surface area (Å²) in [5, 5.41) is 2.58. The quantitative estimate of drug-likeness (QED) is 0.527. The van der Waals surface area contributed by atoms with Crippen LogP contribution in [0.25, 0.3) is 0 Å². The number of hydrogen-bond acceptors (Lipinski definition) is 4. The smallest absolute Gasteiger partial charge is 0.253 e. The Morgan fingerprint density at radius 3 is 2.29 bits per heavy atom. The normalized spacial score (nSPS) is 12.8. The van der Waals surface area contributed by atoms with E-state index in [-0.39, 0.29) is 0 Å². The third-order valence-electron chi connectivity index (χ3n) is 3.18. The number of benzene rings is 1. The fourth-order valence-corrected chi connectivity index (χ4v) is 2.17. The molecule has 8 heteroatoms. The fourth-order valence-electron chi connectivity index (χ4n) is 1.82. The summed E-state index contributed by atoms with van der Waals surface area (Å²) in [6.07, 6.45) is -0.287. The summed E-state index contributed by atoms with van der Waals surface area (Å²) >= 11 is 17.7. The van der Waals surface area contributed by atoms with Crippen molar-refractivity contribution in [3.05, 3.63) is 23.8 Å². The molecule has 0 aliphatic heterocycles. The average Bonchev–Trinajstić information content (AvgIpc) is 2.51. The van der Waals surface area contributed by atoms with Crippen LogP contribution in [0.1, 0.15) is 30.6 Å². The van der Waals surface area contributed by atoms with Crippen LogP contribution in [-0.2, 0) is 4.74 Å². The number of carbonyl (C=O) groups excluding carboxylic acids is 1. The van der Waals surface area contributed by atoms with E-state index in [0.29, 0.717) is 29.6 Å². The summed E-state index contributed by atoms with van der Waals surface area (Å²) in [7, 11) is 3.00. The largest absolute Gasteiger partial charge is 0.493 e. The van der Waals surface area contributed by atoms with Crippen molar-refractivity contribution in [2.75, 3.05) is 20.8 Å². The standard InChI is InChI=1S/C16H22Cl3NO4/c1-10(2)7-8-24-15(16(17,18)19)20-14(21)11-5-6-12(22-3)13(9-11)23-4/h5-6,9-10,15H,7-8H2,1-4H3,(H,20,21)/t15-/m1/s1. The molecule has 1 amide bonds. The first-order valence-electron chi connectivity index (χ1n) is 7.40. The minimum Gasteiger partial charge on any atom is -0.493 e. The van der Waals surface area contributed by atoms with Crippen molar-refractivity contribution in [1.82, 2.24) is 5.32 Å². The van der Waals surface area contributed by atoms with Gasteiger partial charge in [0.05, 0.1) is 14.2 Å². The molecule has 0 heterocycles. The van der Waals surface area contributed by atoms with E-state index >= 15 is 0 Å². The van der Waals surface area contributed by atoms with Crippen LogP contribution in [0.4, 0.5) is 0 Å². The van der Waals surface area contributed by atoms with E-state index in [1.807, 2.05) is 0 Å². The van der Waals surface area contributed by atoms with Crippen molar-refractivity contribution in [2.45, 2.75) is 30.3 Å². The Morgan fingerprint density at radius 2 is 1.79 bits per heavy atom. The Balaban J connectivity index is 2.84. The molecule has 5 nitrogen and oxygen atoms in total. The SMILES string of the molecule is COc1ccc(C(=O)N[C@H](OCCC(C)C)C(Cl)(Cl)Cl)cc1OC. The number of hydrogen-bond donors (Lipinski definition) is 1. The topological polar surface area (TPSA) is 56.8 Å².